The van der Waals surface area contributed by atoms with Crippen LogP contribution in [0.3, 0.4) is 0 Å². The second-order valence-electron chi connectivity index (χ2n) is 3.78. The molecule has 0 amide bonds. The number of ether oxygens (including phenoxy) is 1. The standard InChI is InChI=1S/C9H14O2/c1-9(2,3)8(10)7-5-4-6-11-7/h5H,4,6H2,1-3H3. The average molecular weight is 154 g/mol. The highest BCUT2D eigenvalue weighted by Crippen LogP contribution is 2.23. The van der Waals surface area contributed by atoms with Gasteiger partial charge in [-0.05, 0) is 6.08 Å². The van der Waals surface area contributed by atoms with E-state index in [-0.39, 0.29) is 11.2 Å². The summed E-state index contributed by atoms with van der Waals surface area (Å²) in [7, 11) is 0. The monoisotopic (exact) mass is 154 g/mol. The number of allylic oxidation sites excluding steroid dienone is 1. The lowest BCUT2D eigenvalue weighted by Gasteiger charge is -2.16. The molecule has 0 aromatic heterocycles. The van der Waals surface area contributed by atoms with Crippen molar-refractivity contribution in [2.45, 2.75) is 27.2 Å². The molecule has 1 rings (SSSR count). The quantitative estimate of drug-likeness (QED) is 0.576. The molecule has 2 nitrogen and oxygen atoms in total. The van der Waals surface area contributed by atoms with Gasteiger partial charge in [-0.1, -0.05) is 20.8 Å². The molecule has 2 heteroatoms. The van der Waals surface area contributed by atoms with Crippen LogP contribution in [0.2, 0.25) is 0 Å². The van der Waals surface area contributed by atoms with Crippen LogP contribution in [-0.2, 0) is 9.53 Å². The largest absolute Gasteiger partial charge is 0.490 e. The van der Waals surface area contributed by atoms with Gasteiger partial charge in [0.2, 0.25) is 5.78 Å². The molecule has 0 aromatic rings. The van der Waals surface area contributed by atoms with E-state index in [1.54, 1.807) is 0 Å². The van der Waals surface area contributed by atoms with E-state index in [9.17, 15) is 4.79 Å². The van der Waals surface area contributed by atoms with Gasteiger partial charge in [-0.25, -0.2) is 0 Å². The Morgan fingerprint density at radius 3 is 2.55 bits per heavy atom. The summed E-state index contributed by atoms with van der Waals surface area (Å²) < 4.78 is 5.15. The van der Waals surface area contributed by atoms with E-state index < -0.39 is 0 Å². The second-order valence-corrected chi connectivity index (χ2v) is 3.78. The van der Waals surface area contributed by atoms with Crippen molar-refractivity contribution in [1.82, 2.24) is 0 Å². The molecular weight excluding hydrogens is 140 g/mol. The minimum Gasteiger partial charge on any atom is -0.490 e. The summed E-state index contributed by atoms with van der Waals surface area (Å²) >= 11 is 0. The van der Waals surface area contributed by atoms with Crippen molar-refractivity contribution in [2.75, 3.05) is 6.61 Å². The summed E-state index contributed by atoms with van der Waals surface area (Å²) in [6, 6.07) is 0. The van der Waals surface area contributed by atoms with Crippen LogP contribution in [0.5, 0.6) is 0 Å². The maximum atomic E-state index is 11.5. The molecule has 11 heavy (non-hydrogen) atoms. The van der Waals surface area contributed by atoms with Crippen LogP contribution in [0, 0.1) is 5.41 Å². The third-order valence-corrected chi connectivity index (χ3v) is 1.61. The van der Waals surface area contributed by atoms with E-state index in [2.05, 4.69) is 0 Å². The van der Waals surface area contributed by atoms with Crippen LogP contribution in [-0.4, -0.2) is 12.4 Å². The predicted molar refractivity (Wildman–Crippen MR) is 43.1 cm³/mol. The Balaban J connectivity index is 2.68. The van der Waals surface area contributed by atoms with Gasteiger partial charge >= 0.3 is 0 Å². The van der Waals surface area contributed by atoms with Gasteiger partial charge in [0.25, 0.3) is 0 Å². The van der Waals surface area contributed by atoms with Crippen molar-refractivity contribution < 1.29 is 9.53 Å². The molecule has 0 bridgehead atoms. The van der Waals surface area contributed by atoms with Crippen molar-refractivity contribution in [3.8, 4) is 0 Å². The van der Waals surface area contributed by atoms with Gasteiger partial charge in [0.15, 0.2) is 5.76 Å². The summed E-state index contributed by atoms with van der Waals surface area (Å²) in [6.07, 6.45) is 2.74. The SMILES string of the molecule is CC(C)(C)C(=O)C1=CCCO1. The maximum Gasteiger partial charge on any atom is 0.202 e. The first-order valence-electron chi connectivity index (χ1n) is 3.89. The fourth-order valence-corrected chi connectivity index (χ4v) is 0.946. The van der Waals surface area contributed by atoms with Gasteiger partial charge in [0.05, 0.1) is 6.61 Å². The van der Waals surface area contributed by atoms with E-state index in [0.717, 1.165) is 6.42 Å². The molecule has 0 radical (unpaired) electrons. The Kier molecular flexibility index (Phi) is 2.03. The lowest BCUT2D eigenvalue weighted by molar-refractivity contribution is -0.125. The first-order chi connectivity index (χ1) is 5.02. The van der Waals surface area contributed by atoms with E-state index in [1.807, 2.05) is 26.8 Å². The number of ketones is 1. The number of carbonyl (C=O) groups is 1. The molecule has 0 atom stereocenters. The van der Waals surface area contributed by atoms with Crippen LogP contribution in [0.4, 0.5) is 0 Å². The first-order valence-corrected chi connectivity index (χ1v) is 3.89. The van der Waals surface area contributed by atoms with Gasteiger partial charge in [-0.15, -0.1) is 0 Å². The highest BCUT2D eigenvalue weighted by Gasteiger charge is 2.27. The third kappa shape index (κ3) is 1.82. The smallest absolute Gasteiger partial charge is 0.202 e. The molecule has 0 N–H and O–H groups in total. The fraction of sp³-hybridized carbons (Fsp3) is 0.667. The molecule has 0 saturated heterocycles. The number of rotatable bonds is 1. The molecule has 0 unspecified atom stereocenters. The average Bonchev–Trinajstić information content (AvgIpc) is 2.34. The normalized spacial score (nSPS) is 17.5. The number of hydrogen-bond donors (Lipinski definition) is 0. The molecule has 0 aliphatic carbocycles. The summed E-state index contributed by atoms with van der Waals surface area (Å²) in [5, 5.41) is 0. The Hall–Kier alpha value is -0.790. The van der Waals surface area contributed by atoms with Crippen molar-refractivity contribution in [3.63, 3.8) is 0 Å². The van der Waals surface area contributed by atoms with E-state index in [1.165, 1.54) is 0 Å². The maximum absolute atomic E-state index is 11.5. The van der Waals surface area contributed by atoms with Crippen LogP contribution in [0.1, 0.15) is 27.2 Å². The predicted octanol–water partition coefficient (Wildman–Crippen LogP) is 1.91. The molecule has 62 valence electrons. The number of hydrogen-bond acceptors (Lipinski definition) is 2. The zero-order valence-corrected chi connectivity index (χ0v) is 7.31. The second kappa shape index (κ2) is 2.68. The van der Waals surface area contributed by atoms with Crippen LogP contribution in [0.25, 0.3) is 0 Å². The van der Waals surface area contributed by atoms with Crippen molar-refractivity contribution in [3.05, 3.63) is 11.8 Å². The van der Waals surface area contributed by atoms with Gasteiger partial charge < -0.3 is 4.74 Å². The van der Waals surface area contributed by atoms with Gasteiger partial charge in [0, 0.05) is 11.8 Å². The minimum atomic E-state index is -0.309. The Morgan fingerprint density at radius 1 is 1.55 bits per heavy atom. The Morgan fingerprint density at radius 2 is 2.18 bits per heavy atom. The zero-order chi connectivity index (χ0) is 8.48. The highest BCUT2D eigenvalue weighted by molar-refractivity contribution is 5.97. The molecular formula is C9H14O2. The molecule has 1 aliphatic rings. The topological polar surface area (TPSA) is 26.3 Å². The van der Waals surface area contributed by atoms with Gasteiger partial charge in [0.1, 0.15) is 0 Å². The van der Waals surface area contributed by atoms with E-state index in [4.69, 9.17) is 4.74 Å². The third-order valence-electron chi connectivity index (χ3n) is 1.61. The fourth-order valence-electron chi connectivity index (χ4n) is 0.946. The Labute approximate surface area is 67.2 Å². The molecule has 0 spiro atoms. The summed E-state index contributed by atoms with van der Waals surface area (Å²) in [5.74, 6) is 0.660. The summed E-state index contributed by atoms with van der Waals surface area (Å²) in [6.45, 7) is 6.37. The van der Waals surface area contributed by atoms with Crippen LogP contribution >= 0.6 is 0 Å². The molecule has 0 fully saturated rings. The molecule has 1 heterocycles. The van der Waals surface area contributed by atoms with Gasteiger partial charge in [-0.3, -0.25) is 4.79 Å². The Bertz CT molecular complexity index is 196. The first kappa shape index (κ1) is 8.31. The molecule has 0 saturated carbocycles. The van der Waals surface area contributed by atoms with E-state index in [0.29, 0.717) is 12.4 Å². The van der Waals surface area contributed by atoms with Gasteiger partial charge in [-0.2, -0.15) is 0 Å². The minimum absolute atomic E-state index is 0.106. The van der Waals surface area contributed by atoms with Crippen LogP contribution < -0.4 is 0 Å². The zero-order valence-electron chi connectivity index (χ0n) is 7.31. The van der Waals surface area contributed by atoms with Crippen molar-refractivity contribution in [1.29, 1.82) is 0 Å². The molecule has 1 aliphatic heterocycles. The lowest BCUT2D eigenvalue weighted by atomic mass is 9.90. The number of Topliss-reactive ketones (excluding diaryl/α,β-unsaturated/α-hetero) is 1. The van der Waals surface area contributed by atoms with Crippen molar-refractivity contribution in [2.24, 2.45) is 5.41 Å². The summed E-state index contributed by atoms with van der Waals surface area (Å²) in [4.78, 5) is 11.5. The van der Waals surface area contributed by atoms with Crippen molar-refractivity contribution >= 4 is 5.78 Å². The summed E-state index contributed by atoms with van der Waals surface area (Å²) in [5.41, 5.74) is -0.309. The number of carbonyl (C=O) groups excluding carboxylic acids is 1. The van der Waals surface area contributed by atoms with Crippen LogP contribution in [0.15, 0.2) is 11.8 Å². The van der Waals surface area contributed by atoms with E-state index >= 15 is 0 Å². The highest BCUT2D eigenvalue weighted by atomic mass is 16.5. The lowest BCUT2D eigenvalue weighted by Crippen LogP contribution is -2.22. The molecule has 0 aromatic carbocycles.